The molecule has 0 aliphatic rings. The van der Waals surface area contributed by atoms with Crippen LogP contribution in [0, 0.1) is 12.3 Å². The summed E-state index contributed by atoms with van der Waals surface area (Å²) in [6, 6.07) is 5.42. The van der Waals surface area contributed by atoms with Gasteiger partial charge in [-0.2, -0.15) is 10.2 Å². The van der Waals surface area contributed by atoms with Crippen molar-refractivity contribution in [3.63, 3.8) is 0 Å². The highest BCUT2D eigenvalue weighted by Gasteiger charge is 2.09. The second-order valence-electron chi connectivity index (χ2n) is 7.59. The van der Waals surface area contributed by atoms with E-state index in [1.807, 2.05) is 6.07 Å². The zero-order valence-corrected chi connectivity index (χ0v) is 19.5. The molecule has 0 saturated heterocycles. The van der Waals surface area contributed by atoms with Crippen LogP contribution >= 0.6 is 0 Å². The highest BCUT2D eigenvalue weighted by molar-refractivity contribution is 6.06. The van der Waals surface area contributed by atoms with Gasteiger partial charge in [0.1, 0.15) is 0 Å². The Hall–Kier alpha value is -3.87. The third-order valence-corrected chi connectivity index (χ3v) is 4.66. The number of hydrogen-bond acceptors (Lipinski definition) is 5. The molecule has 0 fully saturated rings. The number of terminal acetylenes is 1. The van der Waals surface area contributed by atoms with E-state index in [0.717, 1.165) is 44.9 Å². The second-order valence-corrected chi connectivity index (χ2v) is 7.59. The van der Waals surface area contributed by atoms with E-state index in [1.54, 1.807) is 26.0 Å². The molecule has 0 unspecified atom stereocenters. The number of benzene rings is 1. The van der Waals surface area contributed by atoms with Crippen LogP contribution in [0.2, 0.25) is 0 Å². The lowest BCUT2D eigenvalue weighted by Crippen LogP contribution is -2.22. The third-order valence-electron chi connectivity index (χ3n) is 4.66. The molecular weight excluding hydrogens is 418 g/mol. The van der Waals surface area contributed by atoms with Gasteiger partial charge in [0, 0.05) is 29.7 Å². The summed E-state index contributed by atoms with van der Waals surface area (Å²) in [6.07, 6.45) is 12.8. The number of rotatable bonds is 13. The Bertz CT molecular complexity index is 895. The van der Waals surface area contributed by atoms with E-state index in [9.17, 15) is 4.79 Å². The maximum atomic E-state index is 12.5. The zero-order chi connectivity index (χ0) is 24.6. The van der Waals surface area contributed by atoms with Crippen LogP contribution in [-0.4, -0.2) is 29.2 Å². The van der Waals surface area contributed by atoms with Crippen LogP contribution in [0.15, 0.2) is 38.6 Å². The van der Waals surface area contributed by atoms with E-state index in [-0.39, 0.29) is 17.8 Å². The molecule has 0 spiro atoms. The zero-order valence-electron chi connectivity index (χ0n) is 19.5. The van der Waals surface area contributed by atoms with Crippen molar-refractivity contribution in [2.24, 2.45) is 43.3 Å². The maximum Gasteiger partial charge on any atom is 0.224 e. The summed E-state index contributed by atoms with van der Waals surface area (Å²) in [7, 11) is 0. The number of carbonyl (C=O) groups excluding carboxylic acids is 1. The molecule has 9 N–H and O–H groups in total. The first kappa shape index (κ1) is 27.2. The molecule has 0 aliphatic carbocycles. The van der Waals surface area contributed by atoms with Gasteiger partial charge in [-0.3, -0.25) is 4.79 Å². The number of nitrogens with zero attached hydrogens (tertiary/aromatic N) is 4. The number of guanidine groups is 2. The molecule has 0 atom stereocenters. The van der Waals surface area contributed by atoms with Crippen LogP contribution in [0.5, 0.6) is 0 Å². The lowest BCUT2D eigenvalue weighted by Gasteiger charge is -2.11. The van der Waals surface area contributed by atoms with Crippen molar-refractivity contribution < 1.29 is 4.79 Å². The van der Waals surface area contributed by atoms with Crippen LogP contribution in [0.3, 0.4) is 0 Å². The SMILES string of the molecule is C#CCCCCCCCCC(=O)Nc1cc(/C(C)=N\N=C(N)N)cc(/C(C)=N/N=C(N)N)c1. The van der Waals surface area contributed by atoms with Gasteiger partial charge in [0.15, 0.2) is 0 Å². The Morgan fingerprint density at radius 1 is 0.818 bits per heavy atom. The van der Waals surface area contributed by atoms with Gasteiger partial charge in [-0.25, -0.2) is 0 Å². The van der Waals surface area contributed by atoms with Crippen molar-refractivity contribution in [3.8, 4) is 12.3 Å². The summed E-state index contributed by atoms with van der Waals surface area (Å²) in [5.41, 5.74) is 24.6. The largest absolute Gasteiger partial charge is 0.369 e. The van der Waals surface area contributed by atoms with Crippen LogP contribution in [0.1, 0.15) is 76.3 Å². The van der Waals surface area contributed by atoms with Crippen LogP contribution in [-0.2, 0) is 4.79 Å². The molecule has 1 aromatic rings. The molecule has 0 aliphatic heterocycles. The Balaban J connectivity index is 2.89. The van der Waals surface area contributed by atoms with Crippen molar-refractivity contribution in [1.29, 1.82) is 0 Å². The number of carbonyl (C=O) groups is 1. The van der Waals surface area contributed by atoms with Gasteiger partial charge in [-0.15, -0.1) is 22.5 Å². The molecule has 33 heavy (non-hydrogen) atoms. The fraction of sp³-hybridized carbons (Fsp3) is 0.435. The topological polar surface area (TPSA) is 183 Å². The van der Waals surface area contributed by atoms with Gasteiger partial charge in [0.25, 0.3) is 0 Å². The number of hydrogen-bond donors (Lipinski definition) is 5. The van der Waals surface area contributed by atoms with Crippen molar-refractivity contribution in [3.05, 3.63) is 29.3 Å². The van der Waals surface area contributed by atoms with E-state index in [0.29, 0.717) is 34.7 Å². The number of anilines is 1. The molecule has 0 aromatic heterocycles. The molecule has 1 rings (SSSR count). The predicted molar refractivity (Wildman–Crippen MR) is 137 cm³/mol. The molecule has 10 heteroatoms. The van der Waals surface area contributed by atoms with Gasteiger partial charge >= 0.3 is 0 Å². The van der Waals surface area contributed by atoms with Gasteiger partial charge in [0.05, 0.1) is 11.4 Å². The Kier molecular flexibility index (Phi) is 12.4. The first-order valence-corrected chi connectivity index (χ1v) is 10.9. The molecule has 0 saturated carbocycles. The van der Waals surface area contributed by atoms with Crippen molar-refractivity contribution in [2.75, 3.05) is 5.32 Å². The fourth-order valence-corrected chi connectivity index (χ4v) is 2.94. The molecule has 0 bridgehead atoms. The lowest BCUT2D eigenvalue weighted by molar-refractivity contribution is -0.116. The van der Waals surface area contributed by atoms with Crippen molar-refractivity contribution in [1.82, 2.24) is 0 Å². The van der Waals surface area contributed by atoms with Crippen LogP contribution in [0.25, 0.3) is 0 Å². The smallest absolute Gasteiger partial charge is 0.224 e. The summed E-state index contributed by atoms with van der Waals surface area (Å²) in [4.78, 5) is 12.5. The summed E-state index contributed by atoms with van der Waals surface area (Å²) in [5, 5.41) is 18.3. The Morgan fingerprint density at radius 3 is 1.79 bits per heavy atom. The molecule has 1 aromatic carbocycles. The molecule has 10 nitrogen and oxygen atoms in total. The van der Waals surface area contributed by atoms with E-state index in [4.69, 9.17) is 29.4 Å². The number of nitrogens with two attached hydrogens (primary N) is 4. The highest BCUT2D eigenvalue weighted by Crippen LogP contribution is 2.18. The lowest BCUT2D eigenvalue weighted by atomic mass is 10.0. The van der Waals surface area contributed by atoms with Gasteiger partial charge in [-0.05, 0) is 44.9 Å². The summed E-state index contributed by atoms with van der Waals surface area (Å²) >= 11 is 0. The number of unbranched alkanes of at least 4 members (excludes halogenated alkanes) is 6. The normalized spacial score (nSPS) is 11.4. The standard InChI is InChI=1S/C23H35N9O/c1-4-5-6-7-8-9-10-11-12-21(33)28-20-14-18(16(2)29-31-22(24)25)13-19(15-20)17(3)30-32-23(26)27/h1,13-15H,5-12H2,2-3H3,(H,28,33)(H4,24,25,31)(H4,26,27,32)/b29-16-,30-17+. The monoisotopic (exact) mass is 453 g/mol. The van der Waals surface area contributed by atoms with Crippen LogP contribution < -0.4 is 28.3 Å². The van der Waals surface area contributed by atoms with E-state index in [2.05, 4.69) is 31.6 Å². The van der Waals surface area contributed by atoms with E-state index < -0.39 is 0 Å². The van der Waals surface area contributed by atoms with Gasteiger partial charge in [-0.1, -0.05) is 25.7 Å². The fourth-order valence-electron chi connectivity index (χ4n) is 2.94. The predicted octanol–water partition coefficient (Wildman–Crippen LogP) is 2.37. The highest BCUT2D eigenvalue weighted by atomic mass is 16.1. The van der Waals surface area contributed by atoms with Crippen molar-refractivity contribution >= 4 is 34.9 Å². The number of amides is 1. The van der Waals surface area contributed by atoms with Crippen LogP contribution in [0.4, 0.5) is 5.69 Å². The average molecular weight is 454 g/mol. The molecule has 178 valence electrons. The average Bonchev–Trinajstić information content (AvgIpc) is 2.77. The molecule has 0 heterocycles. The minimum atomic E-state index is -0.152. The summed E-state index contributed by atoms with van der Waals surface area (Å²) in [6.45, 7) is 3.51. The van der Waals surface area contributed by atoms with E-state index >= 15 is 0 Å². The van der Waals surface area contributed by atoms with Crippen molar-refractivity contribution in [2.45, 2.75) is 65.2 Å². The minimum absolute atomic E-state index is 0.0666. The first-order valence-electron chi connectivity index (χ1n) is 10.9. The molecule has 1 amide bonds. The second kappa shape index (κ2) is 15.0. The molecule has 0 radical (unpaired) electrons. The number of nitrogens with one attached hydrogen (secondary N) is 1. The summed E-state index contributed by atoms with van der Waals surface area (Å²) in [5.74, 6) is 2.28. The Morgan fingerprint density at radius 2 is 1.30 bits per heavy atom. The third kappa shape index (κ3) is 11.9. The Labute approximate surface area is 195 Å². The maximum absolute atomic E-state index is 12.5. The molecular formula is C23H35N9O. The quantitative estimate of drug-likeness (QED) is 0.101. The minimum Gasteiger partial charge on any atom is -0.369 e. The van der Waals surface area contributed by atoms with E-state index in [1.165, 1.54) is 0 Å². The first-order chi connectivity index (χ1) is 15.7. The summed E-state index contributed by atoms with van der Waals surface area (Å²) < 4.78 is 0. The van der Waals surface area contributed by atoms with Gasteiger partial charge in [0.2, 0.25) is 17.8 Å². The van der Waals surface area contributed by atoms with Gasteiger partial charge < -0.3 is 28.3 Å².